The Morgan fingerprint density at radius 1 is 1.33 bits per heavy atom. The maximum Gasteiger partial charge on any atom is 0.131 e. The molecule has 0 unspecified atom stereocenters. The fourth-order valence-electron chi connectivity index (χ4n) is 1.60. The van der Waals surface area contributed by atoms with E-state index in [1.807, 2.05) is 20.0 Å². The third-order valence-electron chi connectivity index (χ3n) is 2.65. The molecule has 1 aliphatic rings. The minimum atomic E-state index is 0.802. The fraction of sp³-hybridized carbons (Fsp3) is 0.636. The van der Waals surface area contributed by atoms with Gasteiger partial charge in [0.2, 0.25) is 0 Å². The van der Waals surface area contributed by atoms with Gasteiger partial charge in [0.25, 0.3) is 0 Å². The maximum atomic E-state index is 4.34. The van der Waals surface area contributed by atoms with E-state index in [0.29, 0.717) is 0 Å². The molecular weight excluding hydrogens is 188 g/mol. The van der Waals surface area contributed by atoms with Crippen molar-refractivity contribution in [1.29, 1.82) is 0 Å². The highest BCUT2D eigenvalue weighted by atomic mass is 15.1. The first-order valence-electron chi connectivity index (χ1n) is 5.55. The molecule has 1 saturated carbocycles. The van der Waals surface area contributed by atoms with Crippen LogP contribution in [0.3, 0.4) is 0 Å². The van der Waals surface area contributed by atoms with Crippen LogP contribution in [0.5, 0.6) is 0 Å². The summed E-state index contributed by atoms with van der Waals surface area (Å²) in [5, 5.41) is 6.37. The van der Waals surface area contributed by atoms with Crippen molar-refractivity contribution in [2.24, 2.45) is 5.92 Å². The fourth-order valence-corrected chi connectivity index (χ4v) is 1.60. The van der Waals surface area contributed by atoms with Gasteiger partial charge in [-0.3, -0.25) is 0 Å². The Hall–Kier alpha value is -1.32. The zero-order valence-corrected chi connectivity index (χ0v) is 9.38. The molecule has 0 radical (unpaired) electrons. The van der Waals surface area contributed by atoms with E-state index in [4.69, 9.17) is 0 Å². The third kappa shape index (κ3) is 3.08. The van der Waals surface area contributed by atoms with Gasteiger partial charge in [-0.2, -0.15) is 0 Å². The molecule has 1 fully saturated rings. The number of hydrogen-bond donors (Lipinski definition) is 2. The summed E-state index contributed by atoms with van der Waals surface area (Å²) in [5.74, 6) is 3.56. The van der Waals surface area contributed by atoms with Crippen LogP contribution < -0.4 is 10.6 Å². The Morgan fingerprint density at radius 3 is 2.73 bits per heavy atom. The molecule has 1 aromatic rings. The van der Waals surface area contributed by atoms with Crippen LogP contribution >= 0.6 is 0 Å². The van der Waals surface area contributed by atoms with Gasteiger partial charge in [-0.25, -0.2) is 9.97 Å². The third-order valence-corrected chi connectivity index (χ3v) is 2.65. The molecule has 0 bridgehead atoms. The highest BCUT2D eigenvalue weighted by Crippen LogP contribution is 2.32. The van der Waals surface area contributed by atoms with Crippen LogP contribution in [0.4, 0.5) is 11.6 Å². The molecule has 1 heterocycles. The predicted molar refractivity (Wildman–Crippen MR) is 62.1 cm³/mol. The SMILES string of the molecule is CNc1cc(NCCC2CC2)nc(C)n1. The second-order valence-corrected chi connectivity index (χ2v) is 4.09. The smallest absolute Gasteiger partial charge is 0.131 e. The van der Waals surface area contributed by atoms with Crippen LogP contribution in [0.25, 0.3) is 0 Å². The van der Waals surface area contributed by atoms with Crippen LogP contribution in [0.2, 0.25) is 0 Å². The highest BCUT2D eigenvalue weighted by molar-refractivity contribution is 5.46. The molecule has 82 valence electrons. The Balaban J connectivity index is 1.90. The zero-order valence-electron chi connectivity index (χ0n) is 9.38. The molecule has 2 N–H and O–H groups in total. The topological polar surface area (TPSA) is 49.8 Å². The first kappa shape index (κ1) is 10.2. The van der Waals surface area contributed by atoms with Crippen molar-refractivity contribution >= 4 is 11.6 Å². The van der Waals surface area contributed by atoms with Crippen molar-refractivity contribution in [1.82, 2.24) is 9.97 Å². The van der Waals surface area contributed by atoms with Crippen molar-refractivity contribution in [3.63, 3.8) is 0 Å². The minimum absolute atomic E-state index is 0.802. The van der Waals surface area contributed by atoms with Gasteiger partial charge in [0.15, 0.2) is 0 Å². The molecule has 4 heteroatoms. The summed E-state index contributed by atoms with van der Waals surface area (Å²) in [4.78, 5) is 8.58. The number of hydrogen-bond acceptors (Lipinski definition) is 4. The van der Waals surface area contributed by atoms with Gasteiger partial charge in [0.05, 0.1) is 0 Å². The summed E-state index contributed by atoms with van der Waals surface area (Å²) in [5.41, 5.74) is 0. The molecule has 2 rings (SSSR count). The lowest BCUT2D eigenvalue weighted by Gasteiger charge is -2.07. The van der Waals surface area contributed by atoms with E-state index in [1.165, 1.54) is 19.3 Å². The number of anilines is 2. The molecule has 4 nitrogen and oxygen atoms in total. The summed E-state index contributed by atoms with van der Waals surface area (Å²) in [6.45, 7) is 2.93. The second kappa shape index (κ2) is 4.47. The van der Waals surface area contributed by atoms with Gasteiger partial charge in [0, 0.05) is 19.7 Å². The Labute approximate surface area is 90.5 Å². The molecule has 0 spiro atoms. The summed E-state index contributed by atoms with van der Waals surface area (Å²) in [6.07, 6.45) is 4.08. The number of nitrogens with zero attached hydrogens (tertiary/aromatic N) is 2. The number of aromatic nitrogens is 2. The second-order valence-electron chi connectivity index (χ2n) is 4.09. The lowest BCUT2D eigenvalue weighted by molar-refractivity contribution is 0.757. The maximum absolute atomic E-state index is 4.34. The van der Waals surface area contributed by atoms with Crippen LogP contribution in [0, 0.1) is 12.8 Å². The lowest BCUT2D eigenvalue weighted by atomic mass is 10.3. The van der Waals surface area contributed by atoms with Gasteiger partial charge >= 0.3 is 0 Å². The zero-order chi connectivity index (χ0) is 10.7. The van der Waals surface area contributed by atoms with Gasteiger partial charge in [-0.05, 0) is 19.3 Å². The molecule has 1 aliphatic carbocycles. The normalized spacial score (nSPS) is 15.1. The first-order valence-corrected chi connectivity index (χ1v) is 5.55. The van der Waals surface area contributed by atoms with Gasteiger partial charge in [0.1, 0.15) is 17.5 Å². The Bertz CT molecular complexity index is 333. The van der Waals surface area contributed by atoms with E-state index in [2.05, 4.69) is 20.6 Å². The first-order chi connectivity index (χ1) is 7.28. The molecule has 0 aromatic carbocycles. The molecular formula is C11H18N4. The average molecular weight is 206 g/mol. The van der Waals surface area contributed by atoms with Crippen LogP contribution in [0.15, 0.2) is 6.07 Å². The average Bonchev–Trinajstić information content (AvgIpc) is 3.01. The van der Waals surface area contributed by atoms with E-state index >= 15 is 0 Å². The highest BCUT2D eigenvalue weighted by Gasteiger charge is 2.20. The van der Waals surface area contributed by atoms with E-state index in [-0.39, 0.29) is 0 Å². The predicted octanol–water partition coefficient (Wildman–Crippen LogP) is 2.04. The van der Waals surface area contributed by atoms with Crippen LogP contribution in [-0.2, 0) is 0 Å². The van der Waals surface area contributed by atoms with Crippen molar-refractivity contribution in [2.45, 2.75) is 26.2 Å². The number of aryl methyl sites for hydroxylation is 1. The Morgan fingerprint density at radius 2 is 2.07 bits per heavy atom. The van der Waals surface area contributed by atoms with Gasteiger partial charge < -0.3 is 10.6 Å². The van der Waals surface area contributed by atoms with Crippen molar-refractivity contribution in [2.75, 3.05) is 24.2 Å². The summed E-state index contributed by atoms with van der Waals surface area (Å²) < 4.78 is 0. The monoisotopic (exact) mass is 206 g/mol. The summed E-state index contributed by atoms with van der Waals surface area (Å²) >= 11 is 0. The van der Waals surface area contributed by atoms with Crippen molar-refractivity contribution < 1.29 is 0 Å². The van der Waals surface area contributed by atoms with E-state index < -0.39 is 0 Å². The molecule has 0 amide bonds. The van der Waals surface area contributed by atoms with Crippen molar-refractivity contribution in [3.8, 4) is 0 Å². The van der Waals surface area contributed by atoms with Crippen LogP contribution in [-0.4, -0.2) is 23.6 Å². The number of rotatable bonds is 5. The quantitative estimate of drug-likeness (QED) is 0.774. The van der Waals surface area contributed by atoms with Crippen LogP contribution in [0.1, 0.15) is 25.1 Å². The summed E-state index contributed by atoms with van der Waals surface area (Å²) in [6, 6.07) is 1.94. The number of nitrogens with one attached hydrogen (secondary N) is 2. The summed E-state index contributed by atoms with van der Waals surface area (Å²) in [7, 11) is 1.87. The van der Waals surface area contributed by atoms with Gasteiger partial charge in [-0.1, -0.05) is 12.8 Å². The van der Waals surface area contributed by atoms with Gasteiger partial charge in [-0.15, -0.1) is 0 Å². The molecule has 15 heavy (non-hydrogen) atoms. The molecule has 0 aliphatic heterocycles. The molecule has 0 atom stereocenters. The molecule has 0 saturated heterocycles. The largest absolute Gasteiger partial charge is 0.373 e. The van der Waals surface area contributed by atoms with E-state index in [9.17, 15) is 0 Å². The molecule has 1 aromatic heterocycles. The van der Waals surface area contributed by atoms with Crippen molar-refractivity contribution in [3.05, 3.63) is 11.9 Å². The van der Waals surface area contributed by atoms with E-state index in [0.717, 1.165) is 29.9 Å². The van der Waals surface area contributed by atoms with E-state index in [1.54, 1.807) is 0 Å². The standard InChI is InChI=1S/C11H18N4/c1-8-14-10(12-2)7-11(15-8)13-6-5-9-3-4-9/h7,9H,3-6H2,1-2H3,(H2,12,13,14,15). The lowest BCUT2D eigenvalue weighted by Crippen LogP contribution is -2.06. The minimum Gasteiger partial charge on any atom is -0.373 e. The Kier molecular flexibility index (Phi) is 3.04.